The van der Waals surface area contributed by atoms with Crippen molar-refractivity contribution in [2.75, 3.05) is 0 Å². The molecule has 33 heavy (non-hydrogen) atoms. The zero-order chi connectivity index (χ0) is 23.1. The van der Waals surface area contributed by atoms with E-state index in [1.807, 2.05) is 0 Å². The van der Waals surface area contributed by atoms with Crippen molar-refractivity contribution in [3.63, 3.8) is 0 Å². The molecule has 1 aliphatic rings. The van der Waals surface area contributed by atoms with Crippen molar-refractivity contribution < 1.29 is 24.2 Å². The highest BCUT2D eigenvalue weighted by Gasteiger charge is 2.44. The van der Waals surface area contributed by atoms with E-state index in [4.69, 9.17) is 16.0 Å². The van der Waals surface area contributed by atoms with Gasteiger partial charge in [-0.2, -0.15) is 0 Å². The number of carbonyl (C=O) groups is 2. The number of hydrogen-bond acceptors (Lipinski definition) is 6. The molecule has 7 nitrogen and oxygen atoms in total. The Morgan fingerprint density at radius 1 is 1.06 bits per heavy atom. The number of aromatic hydroxyl groups is 1. The van der Waals surface area contributed by atoms with Gasteiger partial charge in [-0.05, 0) is 59.7 Å². The normalized spacial score (nSPS) is 16.1. The maximum absolute atomic E-state index is 13.5. The van der Waals surface area contributed by atoms with Gasteiger partial charge in [0.05, 0.1) is 11.6 Å². The number of phenols is 1. The van der Waals surface area contributed by atoms with Crippen LogP contribution >= 0.6 is 11.6 Å². The average Bonchev–Trinajstić information content (AvgIpc) is 3.33. The number of aliphatic hydroxyl groups excluding tert-OH is 1. The molecule has 4 aromatic rings. The number of carbonyl (C=O) groups excluding carboxylic acids is 2. The predicted octanol–water partition coefficient (Wildman–Crippen LogP) is 4.97. The van der Waals surface area contributed by atoms with Crippen LogP contribution in [-0.4, -0.2) is 31.8 Å². The number of furan rings is 1. The molecule has 164 valence electrons. The van der Waals surface area contributed by atoms with Crippen LogP contribution in [0.4, 0.5) is 0 Å². The zero-order valence-corrected chi connectivity index (χ0v) is 17.9. The van der Waals surface area contributed by atoms with E-state index in [2.05, 4.69) is 4.98 Å². The third-order valence-corrected chi connectivity index (χ3v) is 5.77. The van der Waals surface area contributed by atoms with Gasteiger partial charge in [0.1, 0.15) is 11.3 Å². The van der Waals surface area contributed by atoms with Crippen LogP contribution in [0.5, 0.6) is 5.75 Å². The number of Topliss-reactive ketones (excluding diaryl/α,β-unsaturated/α-hetero) is 1. The number of rotatable bonds is 5. The molecular weight excluding hydrogens is 444 g/mol. The lowest BCUT2D eigenvalue weighted by Gasteiger charge is -2.26. The smallest absolute Gasteiger partial charge is 0.290 e. The van der Waals surface area contributed by atoms with Crippen molar-refractivity contribution in [3.8, 4) is 5.75 Å². The summed E-state index contributed by atoms with van der Waals surface area (Å²) in [5.41, 5.74) is 1.58. The van der Waals surface area contributed by atoms with E-state index in [1.165, 1.54) is 23.1 Å². The van der Waals surface area contributed by atoms with E-state index in [0.29, 0.717) is 21.6 Å². The van der Waals surface area contributed by atoms with Crippen molar-refractivity contribution in [2.24, 2.45) is 0 Å². The van der Waals surface area contributed by atoms with Crippen molar-refractivity contribution >= 4 is 34.3 Å². The summed E-state index contributed by atoms with van der Waals surface area (Å²) >= 11 is 6.04. The van der Waals surface area contributed by atoms with Gasteiger partial charge in [0.15, 0.2) is 11.5 Å². The molecule has 2 aromatic heterocycles. The Balaban J connectivity index is 1.61. The quantitative estimate of drug-likeness (QED) is 0.408. The van der Waals surface area contributed by atoms with Crippen LogP contribution < -0.4 is 0 Å². The van der Waals surface area contributed by atoms with Gasteiger partial charge >= 0.3 is 0 Å². The van der Waals surface area contributed by atoms with E-state index in [9.17, 15) is 19.8 Å². The molecule has 1 unspecified atom stereocenters. The minimum atomic E-state index is -0.929. The molecule has 3 heterocycles. The number of amides is 1. The highest BCUT2D eigenvalue weighted by Crippen LogP contribution is 2.41. The highest BCUT2D eigenvalue weighted by atomic mass is 35.5. The fourth-order valence-electron chi connectivity index (χ4n) is 4.03. The fourth-order valence-corrected chi connectivity index (χ4v) is 4.21. The van der Waals surface area contributed by atoms with Crippen LogP contribution in [0.2, 0.25) is 5.02 Å². The van der Waals surface area contributed by atoms with Gasteiger partial charge in [-0.3, -0.25) is 14.6 Å². The molecule has 1 amide bonds. The second kappa shape index (κ2) is 8.11. The molecule has 1 atom stereocenters. The van der Waals surface area contributed by atoms with Gasteiger partial charge in [-0.1, -0.05) is 23.7 Å². The van der Waals surface area contributed by atoms with Crippen LogP contribution in [0.1, 0.15) is 27.7 Å². The van der Waals surface area contributed by atoms with Gasteiger partial charge in [0.2, 0.25) is 5.78 Å². The number of hydrogen-bond donors (Lipinski definition) is 2. The number of aromatic nitrogens is 1. The number of phenolic OH excluding ortho intramolecular Hbond substituents is 1. The van der Waals surface area contributed by atoms with Crippen LogP contribution in [0.15, 0.2) is 88.8 Å². The van der Waals surface area contributed by atoms with E-state index < -0.39 is 23.5 Å². The Hall–Kier alpha value is -4.10. The monoisotopic (exact) mass is 460 g/mol. The maximum Gasteiger partial charge on any atom is 0.290 e. The molecule has 0 saturated carbocycles. The van der Waals surface area contributed by atoms with E-state index >= 15 is 0 Å². The summed E-state index contributed by atoms with van der Waals surface area (Å²) in [6.45, 7) is 0.123. The summed E-state index contributed by atoms with van der Waals surface area (Å²) in [5, 5.41) is 21.9. The average molecular weight is 461 g/mol. The van der Waals surface area contributed by atoms with Crippen LogP contribution in [-0.2, 0) is 11.3 Å². The number of fused-ring (bicyclic) bond motifs is 1. The predicted molar refractivity (Wildman–Crippen MR) is 121 cm³/mol. The van der Waals surface area contributed by atoms with Crippen molar-refractivity contribution in [1.29, 1.82) is 0 Å². The third-order valence-electron chi connectivity index (χ3n) is 5.54. The molecule has 1 aliphatic heterocycles. The Bertz CT molecular complexity index is 1430. The largest absolute Gasteiger partial charge is 0.508 e. The first-order valence-corrected chi connectivity index (χ1v) is 10.5. The SMILES string of the molecule is O=C(C1=C(O)C(=O)N(Cc2ccncc2)C1c1cccc(O)c1)c1cc2cc(Cl)ccc2o1. The van der Waals surface area contributed by atoms with Crippen molar-refractivity contribution in [2.45, 2.75) is 12.6 Å². The van der Waals surface area contributed by atoms with Gasteiger partial charge in [-0.15, -0.1) is 0 Å². The zero-order valence-electron chi connectivity index (χ0n) is 17.1. The molecule has 0 radical (unpaired) electrons. The Morgan fingerprint density at radius 2 is 1.85 bits per heavy atom. The Morgan fingerprint density at radius 3 is 2.61 bits per heavy atom. The molecule has 2 N–H and O–H groups in total. The maximum atomic E-state index is 13.5. The van der Waals surface area contributed by atoms with Crippen molar-refractivity contribution in [3.05, 3.63) is 106 Å². The van der Waals surface area contributed by atoms with Crippen LogP contribution in [0.3, 0.4) is 0 Å². The first-order valence-electron chi connectivity index (χ1n) is 10.1. The lowest BCUT2D eigenvalue weighted by molar-refractivity contribution is -0.130. The number of pyridine rings is 1. The van der Waals surface area contributed by atoms with E-state index in [1.54, 1.807) is 54.9 Å². The Kier molecular flexibility index (Phi) is 5.11. The number of aliphatic hydroxyl groups is 1. The van der Waals surface area contributed by atoms with Gasteiger partial charge < -0.3 is 19.5 Å². The number of halogens is 1. The highest BCUT2D eigenvalue weighted by molar-refractivity contribution is 6.31. The summed E-state index contributed by atoms with van der Waals surface area (Å²) in [4.78, 5) is 32.0. The molecule has 8 heteroatoms. The molecular formula is C25H17ClN2O5. The molecule has 0 aliphatic carbocycles. The second-order valence-corrected chi connectivity index (χ2v) is 8.11. The molecule has 0 bridgehead atoms. The lowest BCUT2D eigenvalue weighted by Crippen LogP contribution is -2.30. The third kappa shape index (κ3) is 3.72. The first-order chi connectivity index (χ1) is 15.9. The number of ketones is 1. The topological polar surface area (TPSA) is 104 Å². The number of benzene rings is 2. The standard InChI is InChI=1S/C25H17ClN2O5/c26-17-4-5-19-16(10-17)12-20(33-19)23(30)21-22(15-2-1-3-18(29)11-15)28(25(32)24(21)31)13-14-6-8-27-9-7-14/h1-12,22,29,31H,13H2. The lowest BCUT2D eigenvalue weighted by atomic mass is 9.94. The molecule has 0 spiro atoms. The molecule has 0 saturated heterocycles. The first kappa shape index (κ1) is 20.8. The Labute approximate surface area is 193 Å². The second-order valence-electron chi connectivity index (χ2n) is 7.67. The van der Waals surface area contributed by atoms with Crippen molar-refractivity contribution in [1.82, 2.24) is 9.88 Å². The minimum absolute atomic E-state index is 0.0274. The van der Waals surface area contributed by atoms with Gasteiger partial charge in [0.25, 0.3) is 5.91 Å². The fraction of sp³-hybridized carbons (Fsp3) is 0.0800. The van der Waals surface area contributed by atoms with Crippen LogP contribution in [0.25, 0.3) is 11.0 Å². The molecule has 0 fully saturated rings. The summed E-state index contributed by atoms with van der Waals surface area (Å²) < 4.78 is 5.70. The van der Waals surface area contributed by atoms with Gasteiger partial charge in [-0.25, -0.2) is 0 Å². The van der Waals surface area contributed by atoms with E-state index in [0.717, 1.165) is 5.56 Å². The van der Waals surface area contributed by atoms with E-state index in [-0.39, 0.29) is 23.6 Å². The number of nitrogens with zero attached hydrogens (tertiary/aromatic N) is 2. The summed E-state index contributed by atoms with van der Waals surface area (Å²) in [6.07, 6.45) is 3.19. The summed E-state index contributed by atoms with van der Waals surface area (Å²) in [7, 11) is 0. The van der Waals surface area contributed by atoms with Gasteiger partial charge in [0, 0.05) is 29.3 Å². The van der Waals surface area contributed by atoms with Crippen LogP contribution in [0, 0.1) is 0 Å². The summed E-state index contributed by atoms with van der Waals surface area (Å²) in [5.74, 6) is -2.03. The summed E-state index contributed by atoms with van der Waals surface area (Å²) in [6, 6.07) is 15.3. The minimum Gasteiger partial charge on any atom is -0.508 e. The molecule has 5 rings (SSSR count). The molecule has 2 aromatic carbocycles.